The van der Waals surface area contributed by atoms with Gasteiger partial charge in [0.25, 0.3) is 5.69 Å². The molecule has 0 aliphatic rings. The summed E-state index contributed by atoms with van der Waals surface area (Å²) in [5.41, 5.74) is 2.24. The molecule has 0 bridgehead atoms. The van der Waals surface area contributed by atoms with Crippen LogP contribution >= 0.6 is 0 Å². The lowest BCUT2D eigenvalue weighted by Crippen LogP contribution is -2.20. The maximum absolute atomic E-state index is 10.5. The molecule has 21 heavy (non-hydrogen) atoms. The third-order valence-corrected chi connectivity index (χ3v) is 3.03. The summed E-state index contributed by atoms with van der Waals surface area (Å²) in [5, 5.41) is 18.1. The maximum Gasteiger partial charge on any atom is 0.269 e. The van der Waals surface area contributed by atoms with Crippen LogP contribution in [0.25, 0.3) is 0 Å². The molecule has 0 saturated carbocycles. The Morgan fingerprint density at radius 3 is 2.67 bits per heavy atom. The van der Waals surface area contributed by atoms with E-state index in [-0.39, 0.29) is 5.69 Å². The number of aromatic nitrogens is 2. The predicted molar refractivity (Wildman–Crippen MR) is 78.2 cm³/mol. The summed E-state index contributed by atoms with van der Waals surface area (Å²) >= 11 is 0. The number of rotatable bonds is 7. The largest absolute Gasteiger partial charge is 0.492 e. The molecule has 112 valence electrons. The van der Waals surface area contributed by atoms with Gasteiger partial charge in [-0.3, -0.25) is 14.8 Å². The van der Waals surface area contributed by atoms with Crippen LogP contribution in [0.15, 0.2) is 30.5 Å². The van der Waals surface area contributed by atoms with Gasteiger partial charge in [-0.25, -0.2) is 0 Å². The lowest BCUT2D eigenvalue weighted by atomic mass is 10.2. The fourth-order valence-electron chi connectivity index (χ4n) is 1.95. The van der Waals surface area contributed by atoms with Crippen molar-refractivity contribution in [2.24, 2.45) is 7.05 Å². The van der Waals surface area contributed by atoms with Crippen molar-refractivity contribution >= 4 is 5.69 Å². The van der Waals surface area contributed by atoms with E-state index in [4.69, 9.17) is 4.74 Å². The first-order valence-electron chi connectivity index (χ1n) is 6.63. The molecule has 1 N–H and O–H groups in total. The second kappa shape index (κ2) is 6.85. The van der Waals surface area contributed by atoms with Crippen LogP contribution in [0.1, 0.15) is 11.3 Å². The molecule has 1 aromatic carbocycles. The minimum atomic E-state index is -0.429. The molecule has 0 spiro atoms. The quantitative estimate of drug-likeness (QED) is 0.477. The van der Waals surface area contributed by atoms with Crippen LogP contribution in [0.4, 0.5) is 5.69 Å². The van der Waals surface area contributed by atoms with E-state index >= 15 is 0 Å². The van der Waals surface area contributed by atoms with Gasteiger partial charge in [0.2, 0.25) is 0 Å². The molecule has 1 aromatic heterocycles. The molecule has 0 amide bonds. The average molecular weight is 290 g/mol. The van der Waals surface area contributed by atoms with Gasteiger partial charge in [-0.15, -0.1) is 0 Å². The molecule has 0 aliphatic heterocycles. The minimum absolute atomic E-state index is 0.0625. The van der Waals surface area contributed by atoms with E-state index in [1.54, 1.807) is 16.8 Å². The second-order valence-electron chi connectivity index (χ2n) is 4.69. The van der Waals surface area contributed by atoms with Crippen LogP contribution in [0.3, 0.4) is 0 Å². The van der Waals surface area contributed by atoms with Gasteiger partial charge in [-0.1, -0.05) is 0 Å². The van der Waals surface area contributed by atoms with Crippen molar-refractivity contribution in [1.29, 1.82) is 0 Å². The van der Waals surface area contributed by atoms with Gasteiger partial charge < -0.3 is 10.1 Å². The fraction of sp³-hybridized carbons (Fsp3) is 0.357. The average Bonchev–Trinajstić information content (AvgIpc) is 2.77. The van der Waals surface area contributed by atoms with Crippen molar-refractivity contribution in [1.82, 2.24) is 15.1 Å². The number of nitrogens with zero attached hydrogens (tertiary/aromatic N) is 3. The van der Waals surface area contributed by atoms with Crippen LogP contribution in [-0.2, 0) is 13.6 Å². The van der Waals surface area contributed by atoms with E-state index in [1.165, 1.54) is 12.1 Å². The van der Waals surface area contributed by atoms with Crippen molar-refractivity contribution in [2.45, 2.75) is 13.5 Å². The molecule has 0 unspecified atom stereocenters. The number of nitro benzene ring substituents is 1. The summed E-state index contributed by atoms with van der Waals surface area (Å²) < 4.78 is 7.30. The van der Waals surface area contributed by atoms with Gasteiger partial charge >= 0.3 is 0 Å². The normalized spacial score (nSPS) is 10.6. The molecule has 0 fully saturated rings. The van der Waals surface area contributed by atoms with Crippen molar-refractivity contribution < 1.29 is 9.66 Å². The van der Waals surface area contributed by atoms with Crippen LogP contribution in [0.5, 0.6) is 5.75 Å². The molecular weight excluding hydrogens is 272 g/mol. The Bertz CT molecular complexity index is 607. The van der Waals surface area contributed by atoms with E-state index < -0.39 is 4.92 Å². The van der Waals surface area contributed by atoms with Gasteiger partial charge in [0.15, 0.2) is 0 Å². The second-order valence-corrected chi connectivity index (χ2v) is 4.69. The van der Waals surface area contributed by atoms with Crippen LogP contribution < -0.4 is 10.1 Å². The molecule has 0 radical (unpaired) electrons. The fourth-order valence-corrected chi connectivity index (χ4v) is 1.95. The first-order valence-corrected chi connectivity index (χ1v) is 6.63. The number of benzene rings is 1. The minimum Gasteiger partial charge on any atom is -0.492 e. The van der Waals surface area contributed by atoms with Crippen molar-refractivity contribution in [2.75, 3.05) is 13.2 Å². The SMILES string of the molecule is Cc1nn(C)cc1CNCCOc1ccc([N+](=O)[O-])cc1. The highest BCUT2D eigenvalue weighted by Crippen LogP contribution is 2.16. The van der Waals surface area contributed by atoms with Gasteiger partial charge in [0, 0.05) is 44.0 Å². The highest BCUT2D eigenvalue weighted by molar-refractivity contribution is 5.35. The first kappa shape index (κ1) is 15.0. The molecule has 0 atom stereocenters. The number of non-ortho nitro benzene ring substituents is 1. The van der Waals surface area contributed by atoms with E-state index in [1.807, 2.05) is 20.2 Å². The first-order chi connectivity index (χ1) is 10.1. The van der Waals surface area contributed by atoms with Crippen LogP contribution in [-0.4, -0.2) is 27.9 Å². The zero-order valence-electron chi connectivity index (χ0n) is 12.1. The van der Waals surface area contributed by atoms with E-state index in [9.17, 15) is 10.1 Å². The zero-order valence-corrected chi connectivity index (χ0v) is 12.1. The van der Waals surface area contributed by atoms with Crippen molar-refractivity contribution in [3.05, 3.63) is 51.8 Å². The number of ether oxygens (including phenoxy) is 1. The molecule has 2 rings (SSSR count). The van der Waals surface area contributed by atoms with Crippen LogP contribution in [0.2, 0.25) is 0 Å². The third-order valence-electron chi connectivity index (χ3n) is 3.03. The molecule has 7 nitrogen and oxygen atoms in total. The highest BCUT2D eigenvalue weighted by Gasteiger charge is 2.04. The number of nitrogens with one attached hydrogen (secondary N) is 1. The third kappa shape index (κ3) is 4.28. The zero-order chi connectivity index (χ0) is 15.2. The highest BCUT2D eigenvalue weighted by atomic mass is 16.6. The smallest absolute Gasteiger partial charge is 0.269 e. The Labute approximate surface area is 122 Å². The Kier molecular flexibility index (Phi) is 4.89. The monoisotopic (exact) mass is 290 g/mol. The Balaban J connectivity index is 1.70. The van der Waals surface area contributed by atoms with Gasteiger partial charge in [0.05, 0.1) is 10.6 Å². The van der Waals surface area contributed by atoms with Crippen molar-refractivity contribution in [3.8, 4) is 5.75 Å². The summed E-state index contributed by atoms with van der Waals surface area (Å²) in [5.74, 6) is 0.625. The number of hydrogen-bond acceptors (Lipinski definition) is 5. The van der Waals surface area contributed by atoms with Gasteiger partial charge in [-0.2, -0.15) is 5.10 Å². The number of aryl methyl sites for hydroxylation is 2. The number of hydrogen-bond donors (Lipinski definition) is 1. The predicted octanol–water partition coefficient (Wildman–Crippen LogP) is 1.81. The molecule has 0 aliphatic carbocycles. The standard InChI is InChI=1S/C14H18N4O3/c1-11-12(10-17(2)16-11)9-15-7-8-21-14-5-3-13(4-6-14)18(19)20/h3-6,10,15H,7-9H2,1-2H3. The summed E-state index contributed by atoms with van der Waals surface area (Å²) in [4.78, 5) is 10.1. The van der Waals surface area contributed by atoms with Gasteiger partial charge in [-0.05, 0) is 19.1 Å². The summed E-state index contributed by atoms with van der Waals surface area (Å²) in [7, 11) is 1.90. The van der Waals surface area contributed by atoms with Crippen LogP contribution in [0, 0.1) is 17.0 Å². The Morgan fingerprint density at radius 2 is 2.10 bits per heavy atom. The van der Waals surface area contributed by atoms with E-state index in [2.05, 4.69) is 10.4 Å². The topological polar surface area (TPSA) is 82.2 Å². The Hall–Kier alpha value is -2.41. The van der Waals surface area contributed by atoms with Crippen molar-refractivity contribution in [3.63, 3.8) is 0 Å². The molecule has 1 heterocycles. The molecule has 0 saturated heterocycles. The molecule has 7 heteroatoms. The van der Waals surface area contributed by atoms with E-state index in [0.29, 0.717) is 18.9 Å². The van der Waals surface area contributed by atoms with E-state index in [0.717, 1.165) is 17.8 Å². The summed E-state index contributed by atoms with van der Waals surface area (Å²) in [6, 6.07) is 6.07. The summed E-state index contributed by atoms with van der Waals surface area (Å²) in [6.07, 6.45) is 1.99. The molecular formula is C14H18N4O3. The molecule has 2 aromatic rings. The lowest BCUT2D eigenvalue weighted by Gasteiger charge is -2.07. The summed E-state index contributed by atoms with van der Waals surface area (Å²) in [6.45, 7) is 3.90. The van der Waals surface area contributed by atoms with Gasteiger partial charge in [0.1, 0.15) is 12.4 Å². The maximum atomic E-state index is 10.5. The number of nitro groups is 1. The lowest BCUT2D eigenvalue weighted by molar-refractivity contribution is -0.384. The Morgan fingerprint density at radius 1 is 1.38 bits per heavy atom.